The summed E-state index contributed by atoms with van der Waals surface area (Å²) in [6.07, 6.45) is -3.17. The van der Waals surface area contributed by atoms with Crippen LogP contribution in [-0.4, -0.2) is 54.7 Å². The maximum absolute atomic E-state index is 14.1. The summed E-state index contributed by atoms with van der Waals surface area (Å²) in [5.41, 5.74) is 0. The molecule has 2 unspecified atom stereocenters. The summed E-state index contributed by atoms with van der Waals surface area (Å²) < 4.78 is 147. The highest BCUT2D eigenvalue weighted by atomic mass is 32.3. The van der Waals surface area contributed by atoms with Crippen LogP contribution in [0, 0.1) is 5.92 Å². The van der Waals surface area contributed by atoms with Crippen LogP contribution >= 0.6 is 10.3 Å². The molecule has 184 valence electrons. The molecule has 0 N–H and O–H groups in total. The molecule has 1 aliphatic carbocycles. The van der Waals surface area contributed by atoms with Crippen molar-refractivity contribution in [3.05, 3.63) is 0 Å². The molecule has 2 rings (SSSR count). The Morgan fingerprint density at radius 3 is 1.87 bits per heavy atom. The van der Waals surface area contributed by atoms with E-state index in [1.165, 1.54) is 0 Å². The van der Waals surface area contributed by atoms with Crippen LogP contribution < -0.4 is 0 Å². The SMILES string of the molecule is O=CCS1(OS(=O)(=O)C(F)(F)C(F)(F)C(F)(F)C(F)(F)F)CCCC1C1CCCCC1. The summed E-state index contributed by atoms with van der Waals surface area (Å²) in [5.74, 6) is -15.9. The van der Waals surface area contributed by atoms with E-state index in [2.05, 4.69) is 3.63 Å². The molecule has 1 heterocycles. The quantitative estimate of drug-likeness (QED) is 0.322. The zero-order chi connectivity index (χ0) is 23.9. The molecule has 0 amide bonds. The molecule has 1 aliphatic heterocycles. The summed E-state index contributed by atoms with van der Waals surface area (Å²) in [4.78, 5) is 11.2. The van der Waals surface area contributed by atoms with Crippen molar-refractivity contribution in [1.29, 1.82) is 0 Å². The first kappa shape index (κ1) is 26.6. The molecule has 0 radical (unpaired) electrons. The third kappa shape index (κ3) is 4.42. The Morgan fingerprint density at radius 2 is 1.39 bits per heavy atom. The second-order valence-corrected chi connectivity index (χ2v) is 12.7. The minimum atomic E-state index is -7.36. The first-order valence-electron chi connectivity index (χ1n) is 9.34. The molecule has 15 heteroatoms. The molecule has 31 heavy (non-hydrogen) atoms. The van der Waals surface area contributed by atoms with Gasteiger partial charge in [-0.25, -0.2) is 3.63 Å². The third-order valence-corrected chi connectivity index (χ3v) is 11.8. The summed E-state index contributed by atoms with van der Waals surface area (Å²) in [6, 6.07) is 0. The van der Waals surface area contributed by atoms with Crippen molar-refractivity contribution in [2.75, 3.05) is 11.5 Å². The molecule has 0 spiro atoms. The van der Waals surface area contributed by atoms with Crippen LogP contribution in [0.3, 0.4) is 0 Å². The van der Waals surface area contributed by atoms with E-state index in [4.69, 9.17) is 0 Å². The zero-order valence-electron chi connectivity index (χ0n) is 15.9. The first-order chi connectivity index (χ1) is 14.0. The number of hydrogen-bond donors (Lipinski definition) is 0. The van der Waals surface area contributed by atoms with Crippen LogP contribution in [0.25, 0.3) is 0 Å². The van der Waals surface area contributed by atoms with Gasteiger partial charge in [-0.15, -0.1) is 10.3 Å². The average molecular weight is 512 g/mol. The molecular weight excluding hydrogens is 491 g/mol. The Balaban J connectivity index is 2.45. The number of halogens is 9. The van der Waals surface area contributed by atoms with Crippen molar-refractivity contribution >= 4 is 26.7 Å². The van der Waals surface area contributed by atoms with Gasteiger partial charge in [-0.05, 0) is 31.6 Å². The molecule has 0 aromatic rings. The van der Waals surface area contributed by atoms with Gasteiger partial charge in [-0.2, -0.15) is 47.9 Å². The summed E-state index contributed by atoms with van der Waals surface area (Å²) in [7, 11) is -10.3. The molecule has 4 nitrogen and oxygen atoms in total. The van der Waals surface area contributed by atoms with Crippen molar-refractivity contribution in [1.82, 2.24) is 0 Å². The summed E-state index contributed by atoms with van der Waals surface area (Å²) >= 11 is 0. The molecule has 1 saturated heterocycles. The van der Waals surface area contributed by atoms with Gasteiger partial charge in [0, 0.05) is 11.0 Å². The molecule has 0 aromatic carbocycles. The summed E-state index contributed by atoms with van der Waals surface area (Å²) in [5, 5.41) is -7.65. The first-order valence-corrected chi connectivity index (χ1v) is 12.7. The maximum Gasteiger partial charge on any atom is 0.460 e. The topological polar surface area (TPSA) is 60.4 Å². The van der Waals surface area contributed by atoms with Gasteiger partial charge in [0.05, 0.1) is 5.75 Å². The molecule has 1 saturated carbocycles. The predicted molar refractivity (Wildman–Crippen MR) is 93.9 cm³/mol. The minimum Gasteiger partial charge on any atom is -0.302 e. The lowest BCUT2D eigenvalue weighted by molar-refractivity contribution is -0.382. The van der Waals surface area contributed by atoms with Crippen molar-refractivity contribution in [3.8, 4) is 0 Å². The van der Waals surface area contributed by atoms with Crippen LogP contribution in [0.4, 0.5) is 39.5 Å². The van der Waals surface area contributed by atoms with Gasteiger partial charge in [0.15, 0.2) is 0 Å². The molecule has 0 aromatic heterocycles. The Hall–Kier alpha value is -0.700. The normalized spacial score (nSPS) is 29.5. The number of aldehydes is 1. The van der Waals surface area contributed by atoms with Gasteiger partial charge in [0.2, 0.25) is 0 Å². The van der Waals surface area contributed by atoms with E-state index in [1.54, 1.807) is 0 Å². The van der Waals surface area contributed by atoms with E-state index in [9.17, 15) is 52.7 Å². The number of alkyl halides is 9. The van der Waals surface area contributed by atoms with Gasteiger partial charge in [-0.3, -0.25) is 0 Å². The van der Waals surface area contributed by atoms with Crippen molar-refractivity contribution in [2.24, 2.45) is 5.92 Å². The van der Waals surface area contributed by atoms with E-state index in [-0.39, 0.29) is 30.8 Å². The second kappa shape index (κ2) is 8.58. The third-order valence-electron chi connectivity index (χ3n) is 5.71. The Bertz CT molecular complexity index is 764. The fraction of sp³-hybridized carbons (Fsp3) is 0.938. The molecule has 0 bridgehead atoms. The van der Waals surface area contributed by atoms with Gasteiger partial charge >= 0.3 is 33.4 Å². The van der Waals surface area contributed by atoms with Crippen LogP contribution in [-0.2, 0) is 18.5 Å². The van der Waals surface area contributed by atoms with Crippen LogP contribution in [0.5, 0.6) is 0 Å². The number of rotatable bonds is 8. The van der Waals surface area contributed by atoms with E-state index >= 15 is 0 Å². The van der Waals surface area contributed by atoms with Crippen LogP contribution in [0.2, 0.25) is 0 Å². The van der Waals surface area contributed by atoms with Gasteiger partial charge in [0.1, 0.15) is 6.29 Å². The maximum atomic E-state index is 14.1. The second-order valence-electron chi connectivity index (χ2n) is 7.67. The van der Waals surface area contributed by atoms with E-state index < -0.39 is 54.7 Å². The van der Waals surface area contributed by atoms with E-state index in [0.717, 1.165) is 19.3 Å². The lowest BCUT2D eigenvalue weighted by Gasteiger charge is -2.44. The summed E-state index contributed by atoms with van der Waals surface area (Å²) in [6.45, 7) is 0. The monoisotopic (exact) mass is 512 g/mol. The highest BCUT2D eigenvalue weighted by Gasteiger charge is 2.86. The van der Waals surface area contributed by atoms with Gasteiger partial charge in [0.25, 0.3) is 0 Å². The fourth-order valence-electron chi connectivity index (χ4n) is 4.16. The van der Waals surface area contributed by atoms with Gasteiger partial charge < -0.3 is 4.79 Å². The van der Waals surface area contributed by atoms with Crippen LogP contribution in [0.1, 0.15) is 44.9 Å². The molecular formula is C16H21F9O4S2. The van der Waals surface area contributed by atoms with Crippen molar-refractivity contribution < 1.29 is 56.4 Å². The van der Waals surface area contributed by atoms with E-state index in [0.29, 0.717) is 12.8 Å². The fourth-order valence-corrected chi connectivity index (χ4v) is 10.4. The Labute approximate surface area is 174 Å². The number of hydrogen-bond acceptors (Lipinski definition) is 4. The van der Waals surface area contributed by atoms with Crippen LogP contribution in [0.15, 0.2) is 0 Å². The molecule has 2 atom stereocenters. The van der Waals surface area contributed by atoms with Crippen molar-refractivity contribution in [2.45, 2.75) is 73.5 Å². The molecule has 2 fully saturated rings. The average Bonchev–Trinajstić information content (AvgIpc) is 3.03. The highest BCUT2D eigenvalue weighted by molar-refractivity contribution is 8.34. The Morgan fingerprint density at radius 1 is 0.839 bits per heavy atom. The zero-order valence-corrected chi connectivity index (χ0v) is 17.6. The van der Waals surface area contributed by atoms with E-state index in [1.807, 2.05) is 0 Å². The number of carbonyl (C=O) groups excluding carboxylic acids is 1. The lowest BCUT2D eigenvalue weighted by Crippen LogP contribution is -2.63. The predicted octanol–water partition coefficient (Wildman–Crippen LogP) is 5.42. The lowest BCUT2D eigenvalue weighted by atomic mass is 9.85. The van der Waals surface area contributed by atoms with Gasteiger partial charge in [-0.1, -0.05) is 19.3 Å². The minimum absolute atomic E-state index is 0.159. The molecule has 2 aliphatic rings. The Kier molecular flexibility index (Phi) is 7.35. The standard InChI is InChI=1S/C16H21F9O4S2/c17-13(18,15(21,22)23)14(19,20)16(24,25)31(27,28)29-30(10-8-26)9-4-7-12(30)11-5-2-1-3-6-11/h8,11-12H,1-7,9-10H2. The van der Waals surface area contributed by atoms with Crippen molar-refractivity contribution in [3.63, 3.8) is 0 Å². The largest absolute Gasteiger partial charge is 0.460 e. The number of carbonyl (C=O) groups is 1. The smallest absolute Gasteiger partial charge is 0.302 e. The highest BCUT2D eigenvalue weighted by Crippen LogP contribution is 2.66.